The van der Waals surface area contributed by atoms with Gasteiger partial charge in [-0.25, -0.2) is 0 Å². The first-order valence-corrected chi connectivity index (χ1v) is 7.42. The number of carbonyl (C=O) groups is 1. The van der Waals surface area contributed by atoms with E-state index in [1.54, 1.807) is 0 Å². The van der Waals surface area contributed by atoms with Gasteiger partial charge in [0.1, 0.15) is 6.10 Å². The zero-order valence-electron chi connectivity index (χ0n) is 12.6. The van der Waals surface area contributed by atoms with Gasteiger partial charge >= 0.3 is 0 Å². The third-order valence-electron chi connectivity index (χ3n) is 3.60. The Morgan fingerprint density at radius 3 is 2.90 bits per heavy atom. The van der Waals surface area contributed by atoms with Gasteiger partial charge in [0, 0.05) is 11.3 Å². The minimum Gasteiger partial charge on any atom is -0.365 e. The van der Waals surface area contributed by atoms with Crippen LogP contribution in [-0.2, 0) is 16.0 Å². The summed E-state index contributed by atoms with van der Waals surface area (Å²) in [5, 5.41) is 2.97. The van der Waals surface area contributed by atoms with Gasteiger partial charge in [-0.15, -0.1) is 0 Å². The number of nitrogens with one attached hydrogen (secondary N) is 1. The second-order valence-electron chi connectivity index (χ2n) is 5.23. The van der Waals surface area contributed by atoms with Crippen molar-refractivity contribution in [2.75, 3.05) is 11.9 Å². The molecule has 1 aromatic carbocycles. The summed E-state index contributed by atoms with van der Waals surface area (Å²) < 4.78 is 5.60. The highest BCUT2D eigenvalue weighted by molar-refractivity contribution is 5.95. The van der Waals surface area contributed by atoms with E-state index in [1.165, 1.54) is 0 Å². The zero-order chi connectivity index (χ0) is 15.2. The van der Waals surface area contributed by atoms with E-state index in [0.717, 1.165) is 36.1 Å². The van der Waals surface area contributed by atoms with Crippen LogP contribution in [0.25, 0.3) is 0 Å². The molecule has 1 aliphatic heterocycles. The SMILES string of the molecule is CCc1cc(C#CCN)ccc1NC(=O)C1CCC(C)O1. The molecule has 0 bridgehead atoms. The fourth-order valence-electron chi connectivity index (χ4n) is 2.45. The molecule has 4 heteroatoms. The van der Waals surface area contributed by atoms with Crippen LogP contribution in [0.5, 0.6) is 0 Å². The molecule has 1 fully saturated rings. The fourth-order valence-corrected chi connectivity index (χ4v) is 2.45. The number of nitrogens with two attached hydrogens (primary N) is 1. The van der Waals surface area contributed by atoms with Gasteiger partial charge in [-0.2, -0.15) is 0 Å². The van der Waals surface area contributed by atoms with E-state index in [4.69, 9.17) is 10.5 Å². The van der Waals surface area contributed by atoms with Crippen molar-refractivity contribution in [2.24, 2.45) is 5.73 Å². The van der Waals surface area contributed by atoms with Gasteiger partial charge in [0.2, 0.25) is 0 Å². The lowest BCUT2D eigenvalue weighted by atomic mass is 10.1. The third-order valence-corrected chi connectivity index (χ3v) is 3.60. The van der Waals surface area contributed by atoms with E-state index in [9.17, 15) is 4.79 Å². The Hall–Kier alpha value is -1.83. The first kappa shape index (κ1) is 15.6. The van der Waals surface area contributed by atoms with Crippen LogP contribution in [0.15, 0.2) is 18.2 Å². The van der Waals surface area contributed by atoms with Crippen molar-refractivity contribution in [3.8, 4) is 11.8 Å². The summed E-state index contributed by atoms with van der Waals surface area (Å²) in [5.74, 6) is 5.78. The van der Waals surface area contributed by atoms with Crippen molar-refractivity contribution in [3.05, 3.63) is 29.3 Å². The van der Waals surface area contributed by atoms with Gasteiger partial charge in [-0.1, -0.05) is 18.8 Å². The minimum atomic E-state index is -0.332. The number of anilines is 1. The number of aryl methyl sites for hydroxylation is 1. The van der Waals surface area contributed by atoms with E-state index < -0.39 is 0 Å². The molecule has 1 saturated heterocycles. The van der Waals surface area contributed by atoms with Crippen molar-refractivity contribution in [2.45, 2.75) is 45.3 Å². The van der Waals surface area contributed by atoms with E-state index in [2.05, 4.69) is 24.1 Å². The molecule has 3 N–H and O–H groups in total. The van der Waals surface area contributed by atoms with Crippen molar-refractivity contribution in [1.82, 2.24) is 0 Å². The number of carbonyl (C=O) groups excluding carboxylic acids is 1. The van der Waals surface area contributed by atoms with Gasteiger partial charge in [0.25, 0.3) is 5.91 Å². The molecule has 0 aromatic heterocycles. The monoisotopic (exact) mass is 286 g/mol. The summed E-state index contributed by atoms with van der Waals surface area (Å²) in [6, 6.07) is 5.79. The van der Waals surface area contributed by atoms with Crippen molar-refractivity contribution in [1.29, 1.82) is 0 Å². The Kier molecular flexibility index (Phi) is 5.38. The van der Waals surface area contributed by atoms with Crippen molar-refractivity contribution < 1.29 is 9.53 Å². The Bertz CT molecular complexity index is 572. The summed E-state index contributed by atoms with van der Waals surface area (Å²) in [7, 11) is 0. The number of rotatable bonds is 3. The third kappa shape index (κ3) is 4.07. The van der Waals surface area contributed by atoms with Gasteiger partial charge in [-0.3, -0.25) is 4.79 Å². The molecule has 2 unspecified atom stereocenters. The maximum absolute atomic E-state index is 12.2. The lowest BCUT2D eigenvalue weighted by Crippen LogP contribution is -2.28. The molecule has 2 rings (SSSR count). The van der Waals surface area contributed by atoms with E-state index in [-0.39, 0.29) is 18.1 Å². The molecule has 1 amide bonds. The number of hydrogen-bond donors (Lipinski definition) is 2. The first-order chi connectivity index (χ1) is 10.1. The molecule has 112 valence electrons. The minimum absolute atomic E-state index is 0.0603. The molecular weight excluding hydrogens is 264 g/mol. The number of amides is 1. The predicted octanol–water partition coefficient (Wildman–Crippen LogP) is 2.07. The van der Waals surface area contributed by atoms with Crippen LogP contribution >= 0.6 is 0 Å². The van der Waals surface area contributed by atoms with Gasteiger partial charge in [0.05, 0.1) is 12.6 Å². The summed E-state index contributed by atoms with van der Waals surface area (Å²) in [4.78, 5) is 12.2. The highest BCUT2D eigenvalue weighted by Gasteiger charge is 2.28. The molecule has 2 atom stereocenters. The average molecular weight is 286 g/mol. The van der Waals surface area contributed by atoms with Crippen LogP contribution in [0.4, 0.5) is 5.69 Å². The van der Waals surface area contributed by atoms with Crippen LogP contribution in [0.3, 0.4) is 0 Å². The number of ether oxygens (including phenoxy) is 1. The lowest BCUT2D eigenvalue weighted by molar-refractivity contribution is -0.126. The first-order valence-electron chi connectivity index (χ1n) is 7.42. The fraction of sp³-hybridized carbons (Fsp3) is 0.471. The Morgan fingerprint density at radius 1 is 1.48 bits per heavy atom. The maximum Gasteiger partial charge on any atom is 0.253 e. The molecule has 21 heavy (non-hydrogen) atoms. The molecule has 4 nitrogen and oxygen atoms in total. The largest absolute Gasteiger partial charge is 0.365 e. The zero-order valence-corrected chi connectivity index (χ0v) is 12.6. The van der Waals surface area contributed by atoms with E-state index in [1.807, 2.05) is 25.1 Å². The summed E-state index contributed by atoms with van der Waals surface area (Å²) in [6.07, 6.45) is 2.39. The molecule has 1 aromatic rings. The topological polar surface area (TPSA) is 64.3 Å². The quantitative estimate of drug-likeness (QED) is 0.836. The molecule has 0 spiro atoms. The highest BCUT2D eigenvalue weighted by atomic mass is 16.5. The summed E-state index contributed by atoms with van der Waals surface area (Å²) >= 11 is 0. The predicted molar refractivity (Wildman–Crippen MR) is 84.0 cm³/mol. The van der Waals surface area contributed by atoms with Crippen LogP contribution in [0.2, 0.25) is 0 Å². The molecule has 0 radical (unpaired) electrons. The van der Waals surface area contributed by atoms with Crippen LogP contribution < -0.4 is 11.1 Å². The van der Waals surface area contributed by atoms with Crippen LogP contribution in [0, 0.1) is 11.8 Å². The standard InChI is InChI=1S/C17H22N2O2/c1-3-14-11-13(5-4-10-18)7-8-15(14)19-17(20)16-9-6-12(2)21-16/h7-8,11-12,16H,3,6,9-10,18H2,1-2H3,(H,19,20). The number of hydrogen-bond acceptors (Lipinski definition) is 3. The van der Waals surface area contributed by atoms with Gasteiger partial charge in [-0.05, 0) is 49.9 Å². The Balaban J connectivity index is 2.10. The highest BCUT2D eigenvalue weighted by Crippen LogP contribution is 2.23. The summed E-state index contributed by atoms with van der Waals surface area (Å²) in [6.45, 7) is 4.39. The Labute approximate surface area is 126 Å². The molecule has 1 heterocycles. The van der Waals surface area contributed by atoms with Crippen LogP contribution in [0.1, 0.15) is 37.8 Å². The van der Waals surface area contributed by atoms with Gasteiger partial charge in [0.15, 0.2) is 0 Å². The molecular formula is C17H22N2O2. The van der Waals surface area contributed by atoms with Crippen LogP contribution in [-0.4, -0.2) is 24.7 Å². The van der Waals surface area contributed by atoms with E-state index in [0.29, 0.717) is 6.54 Å². The normalized spacial score (nSPS) is 20.7. The average Bonchev–Trinajstić information content (AvgIpc) is 2.92. The van der Waals surface area contributed by atoms with Crippen molar-refractivity contribution in [3.63, 3.8) is 0 Å². The molecule has 0 aliphatic carbocycles. The van der Waals surface area contributed by atoms with E-state index >= 15 is 0 Å². The smallest absolute Gasteiger partial charge is 0.253 e. The Morgan fingerprint density at radius 2 is 2.29 bits per heavy atom. The molecule has 0 saturated carbocycles. The second-order valence-corrected chi connectivity index (χ2v) is 5.23. The number of benzene rings is 1. The maximum atomic E-state index is 12.2. The molecule has 1 aliphatic rings. The lowest BCUT2D eigenvalue weighted by Gasteiger charge is -2.14. The second kappa shape index (κ2) is 7.26. The van der Waals surface area contributed by atoms with Gasteiger partial charge < -0.3 is 15.8 Å². The summed E-state index contributed by atoms with van der Waals surface area (Å²) in [5.41, 5.74) is 8.20. The van der Waals surface area contributed by atoms with Crippen molar-refractivity contribution >= 4 is 11.6 Å².